The van der Waals surface area contributed by atoms with E-state index in [1.54, 1.807) is 0 Å². The van der Waals surface area contributed by atoms with Crippen LogP contribution >= 0.6 is 0 Å². The van der Waals surface area contributed by atoms with Gasteiger partial charge in [-0.2, -0.15) is 5.10 Å². The zero-order chi connectivity index (χ0) is 21.6. The van der Waals surface area contributed by atoms with Crippen LogP contribution in [-0.2, 0) is 7.05 Å². The lowest BCUT2D eigenvalue weighted by Crippen LogP contribution is -1.90. The molecule has 154 valence electrons. The number of nitrogens with zero attached hydrogens (tertiary/aromatic N) is 2. The lowest BCUT2D eigenvalue weighted by atomic mass is 10.1. The average Bonchev–Trinajstić information content (AvgIpc) is 3.15. The fourth-order valence-corrected chi connectivity index (χ4v) is 2.73. The largest absolute Gasteiger partial charge is 0.457 e. The average molecular weight is 391 g/mol. The molecular formula is C26H34N2O. The molecule has 0 amide bonds. The molecular weight excluding hydrogens is 356 g/mol. The molecule has 4 rings (SSSR count). The van der Waals surface area contributed by atoms with Gasteiger partial charge in [0.15, 0.2) is 0 Å². The third kappa shape index (κ3) is 6.21. The summed E-state index contributed by atoms with van der Waals surface area (Å²) in [6.45, 7) is 12.0. The Balaban J connectivity index is 0.000000644. The van der Waals surface area contributed by atoms with Crippen LogP contribution in [-0.4, -0.2) is 9.78 Å². The summed E-state index contributed by atoms with van der Waals surface area (Å²) in [5, 5.41) is 5.79. The van der Waals surface area contributed by atoms with Crippen molar-refractivity contribution in [1.29, 1.82) is 0 Å². The van der Waals surface area contributed by atoms with Crippen molar-refractivity contribution in [2.24, 2.45) is 7.05 Å². The van der Waals surface area contributed by atoms with Crippen molar-refractivity contribution < 1.29 is 4.74 Å². The highest BCUT2D eigenvalue weighted by atomic mass is 16.5. The maximum Gasteiger partial charge on any atom is 0.129 e. The summed E-state index contributed by atoms with van der Waals surface area (Å²) >= 11 is 0. The zero-order valence-electron chi connectivity index (χ0n) is 18.8. The van der Waals surface area contributed by atoms with Gasteiger partial charge in [0, 0.05) is 24.1 Å². The second-order valence-corrected chi connectivity index (χ2v) is 5.43. The SMILES string of the molecule is CC.CC.CC.Cn1nc(-c2ccccc2)c2ccc(Oc3ccccc3)cc21. The normalized spacial score (nSPS) is 9.21. The smallest absolute Gasteiger partial charge is 0.129 e. The Bertz CT molecular complexity index is 945. The molecule has 0 aliphatic rings. The summed E-state index contributed by atoms with van der Waals surface area (Å²) in [5.74, 6) is 1.64. The summed E-state index contributed by atoms with van der Waals surface area (Å²) in [4.78, 5) is 0. The van der Waals surface area contributed by atoms with E-state index in [0.717, 1.165) is 33.7 Å². The molecule has 0 saturated heterocycles. The minimum atomic E-state index is 0.811. The Morgan fingerprint density at radius 1 is 0.655 bits per heavy atom. The molecule has 0 fully saturated rings. The Labute approximate surface area is 176 Å². The molecule has 29 heavy (non-hydrogen) atoms. The van der Waals surface area contributed by atoms with Crippen LogP contribution in [0.5, 0.6) is 11.5 Å². The molecule has 0 radical (unpaired) electrons. The molecule has 0 atom stereocenters. The predicted molar refractivity (Wildman–Crippen MR) is 127 cm³/mol. The van der Waals surface area contributed by atoms with E-state index in [0.29, 0.717) is 0 Å². The van der Waals surface area contributed by atoms with Gasteiger partial charge in [-0.05, 0) is 24.3 Å². The van der Waals surface area contributed by atoms with E-state index in [4.69, 9.17) is 4.74 Å². The molecule has 3 heteroatoms. The van der Waals surface area contributed by atoms with Gasteiger partial charge in [0.25, 0.3) is 0 Å². The lowest BCUT2D eigenvalue weighted by Gasteiger charge is -2.06. The second kappa shape index (κ2) is 13.2. The van der Waals surface area contributed by atoms with Gasteiger partial charge >= 0.3 is 0 Å². The Morgan fingerprint density at radius 2 is 1.21 bits per heavy atom. The number of fused-ring (bicyclic) bond motifs is 1. The molecule has 0 N–H and O–H groups in total. The van der Waals surface area contributed by atoms with Gasteiger partial charge in [0.2, 0.25) is 0 Å². The number of aromatic nitrogens is 2. The fraction of sp³-hybridized carbons (Fsp3) is 0.269. The van der Waals surface area contributed by atoms with E-state index in [1.165, 1.54) is 0 Å². The molecule has 3 nitrogen and oxygen atoms in total. The van der Waals surface area contributed by atoms with Crippen molar-refractivity contribution in [3.8, 4) is 22.8 Å². The second-order valence-electron chi connectivity index (χ2n) is 5.43. The summed E-state index contributed by atoms with van der Waals surface area (Å²) in [7, 11) is 1.96. The number of hydrogen-bond acceptors (Lipinski definition) is 2. The van der Waals surface area contributed by atoms with Crippen LogP contribution in [0.3, 0.4) is 0 Å². The van der Waals surface area contributed by atoms with Gasteiger partial charge in [0.05, 0.1) is 5.52 Å². The number of ether oxygens (including phenoxy) is 1. The van der Waals surface area contributed by atoms with E-state index < -0.39 is 0 Å². The maximum atomic E-state index is 5.92. The zero-order valence-corrected chi connectivity index (χ0v) is 18.8. The molecule has 0 aliphatic heterocycles. The number of benzene rings is 3. The first-order valence-corrected chi connectivity index (χ1v) is 10.6. The standard InChI is InChI=1S/C20H16N2O.3C2H6/c1-22-19-14-17(23-16-10-6-3-7-11-16)12-13-18(19)20(21-22)15-8-4-2-5-9-15;3*1-2/h2-14H,1H3;3*1-2H3. The molecule has 0 spiro atoms. The van der Waals surface area contributed by atoms with Crippen molar-refractivity contribution in [3.63, 3.8) is 0 Å². The first-order chi connectivity index (χ1) is 14.3. The minimum Gasteiger partial charge on any atom is -0.457 e. The topological polar surface area (TPSA) is 27.1 Å². The van der Waals surface area contributed by atoms with Crippen LogP contribution < -0.4 is 4.74 Å². The molecule has 0 saturated carbocycles. The maximum absolute atomic E-state index is 5.92. The highest BCUT2D eigenvalue weighted by molar-refractivity contribution is 5.94. The van der Waals surface area contributed by atoms with E-state index in [1.807, 2.05) is 114 Å². The molecule has 1 aromatic heterocycles. The first-order valence-electron chi connectivity index (χ1n) is 10.6. The Kier molecular flexibility index (Phi) is 10.9. The number of aryl methyl sites for hydroxylation is 1. The third-order valence-corrected chi connectivity index (χ3v) is 3.85. The number of rotatable bonds is 3. The van der Waals surface area contributed by atoms with E-state index >= 15 is 0 Å². The van der Waals surface area contributed by atoms with Gasteiger partial charge in [0.1, 0.15) is 17.2 Å². The fourth-order valence-electron chi connectivity index (χ4n) is 2.73. The monoisotopic (exact) mass is 390 g/mol. The van der Waals surface area contributed by atoms with Gasteiger partial charge in [-0.25, -0.2) is 0 Å². The number of hydrogen-bond donors (Lipinski definition) is 0. The highest BCUT2D eigenvalue weighted by Crippen LogP contribution is 2.31. The summed E-state index contributed by atoms with van der Waals surface area (Å²) < 4.78 is 7.81. The van der Waals surface area contributed by atoms with Gasteiger partial charge in [-0.1, -0.05) is 90.1 Å². The quantitative estimate of drug-likeness (QED) is 0.353. The molecule has 0 bridgehead atoms. The Morgan fingerprint density at radius 3 is 1.79 bits per heavy atom. The summed E-state index contributed by atoms with van der Waals surface area (Å²) in [5.41, 5.74) is 3.17. The highest BCUT2D eigenvalue weighted by Gasteiger charge is 2.11. The Hall–Kier alpha value is -3.07. The van der Waals surface area contributed by atoms with Crippen LogP contribution in [0.2, 0.25) is 0 Å². The van der Waals surface area contributed by atoms with Crippen molar-refractivity contribution in [2.45, 2.75) is 41.5 Å². The van der Waals surface area contributed by atoms with E-state index in [2.05, 4.69) is 23.3 Å². The van der Waals surface area contributed by atoms with Crippen LogP contribution in [0.4, 0.5) is 0 Å². The number of para-hydroxylation sites is 1. The van der Waals surface area contributed by atoms with Crippen LogP contribution in [0, 0.1) is 0 Å². The van der Waals surface area contributed by atoms with Crippen LogP contribution in [0.1, 0.15) is 41.5 Å². The first kappa shape index (κ1) is 24.0. The molecule has 4 aromatic rings. The summed E-state index contributed by atoms with van der Waals surface area (Å²) in [6.07, 6.45) is 0. The van der Waals surface area contributed by atoms with Crippen molar-refractivity contribution >= 4 is 10.9 Å². The van der Waals surface area contributed by atoms with Gasteiger partial charge in [-0.3, -0.25) is 4.68 Å². The van der Waals surface area contributed by atoms with Gasteiger partial charge in [-0.15, -0.1) is 0 Å². The van der Waals surface area contributed by atoms with Crippen LogP contribution in [0.15, 0.2) is 78.9 Å². The summed E-state index contributed by atoms with van der Waals surface area (Å²) in [6, 6.07) is 26.1. The molecule has 3 aromatic carbocycles. The van der Waals surface area contributed by atoms with Gasteiger partial charge < -0.3 is 4.74 Å². The molecule has 0 unspecified atom stereocenters. The van der Waals surface area contributed by atoms with E-state index in [9.17, 15) is 0 Å². The van der Waals surface area contributed by atoms with Crippen molar-refractivity contribution in [2.75, 3.05) is 0 Å². The van der Waals surface area contributed by atoms with Crippen LogP contribution in [0.25, 0.3) is 22.2 Å². The molecule has 1 heterocycles. The predicted octanol–water partition coefficient (Wildman–Crippen LogP) is 8.11. The van der Waals surface area contributed by atoms with Crippen molar-refractivity contribution in [1.82, 2.24) is 9.78 Å². The molecule has 0 aliphatic carbocycles. The van der Waals surface area contributed by atoms with Crippen molar-refractivity contribution in [3.05, 3.63) is 78.9 Å². The van der Waals surface area contributed by atoms with E-state index in [-0.39, 0.29) is 0 Å². The minimum absolute atomic E-state index is 0.811. The lowest BCUT2D eigenvalue weighted by molar-refractivity contribution is 0.483. The third-order valence-electron chi connectivity index (χ3n) is 3.85.